The maximum atomic E-state index is 13.1. The third-order valence-electron chi connectivity index (χ3n) is 3.71. The summed E-state index contributed by atoms with van der Waals surface area (Å²) in [4.78, 5) is 12.1. The standard InChI is InChI=1S/C17H13BrClFN2O/c18-13-5-1-11(2-6-13)15-9-16(22(21-15)17(23)10-19)12-3-7-14(20)8-4-12/h1-8,16H,9-10H2/t16-/m1/s1. The number of carbonyl (C=O) groups is 1. The van der Waals surface area contributed by atoms with Crippen LogP contribution in [0.5, 0.6) is 0 Å². The summed E-state index contributed by atoms with van der Waals surface area (Å²) in [5.41, 5.74) is 2.59. The molecule has 6 heteroatoms. The Bertz CT molecular complexity index is 746. The van der Waals surface area contributed by atoms with Crippen LogP contribution in [0.3, 0.4) is 0 Å². The van der Waals surface area contributed by atoms with Crippen molar-refractivity contribution >= 4 is 39.1 Å². The molecule has 2 aromatic rings. The van der Waals surface area contributed by atoms with Crippen LogP contribution in [0.1, 0.15) is 23.6 Å². The van der Waals surface area contributed by atoms with Gasteiger partial charge in [0.2, 0.25) is 0 Å². The lowest BCUT2D eigenvalue weighted by Gasteiger charge is -2.21. The van der Waals surface area contributed by atoms with Gasteiger partial charge in [0.05, 0.1) is 11.8 Å². The molecule has 0 radical (unpaired) electrons. The average molecular weight is 396 g/mol. The predicted octanol–water partition coefficient (Wildman–Crippen LogP) is 4.50. The van der Waals surface area contributed by atoms with Crippen LogP contribution in [0.4, 0.5) is 4.39 Å². The Morgan fingerprint density at radius 2 is 1.87 bits per heavy atom. The van der Waals surface area contributed by atoms with E-state index < -0.39 is 0 Å². The van der Waals surface area contributed by atoms with Crippen molar-refractivity contribution in [2.75, 3.05) is 5.88 Å². The number of alkyl halides is 1. The van der Waals surface area contributed by atoms with E-state index in [4.69, 9.17) is 11.6 Å². The molecule has 0 aliphatic carbocycles. The lowest BCUT2D eigenvalue weighted by molar-refractivity contribution is -0.130. The van der Waals surface area contributed by atoms with Gasteiger partial charge in [-0.3, -0.25) is 4.79 Å². The summed E-state index contributed by atoms with van der Waals surface area (Å²) >= 11 is 9.10. The van der Waals surface area contributed by atoms with Gasteiger partial charge in [-0.05, 0) is 35.4 Å². The van der Waals surface area contributed by atoms with E-state index in [-0.39, 0.29) is 23.6 Å². The third-order valence-corrected chi connectivity index (χ3v) is 4.47. The highest BCUT2D eigenvalue weighted by molar-refractivity contribution is 9.10. The zero-order valence-corrected chi connectivity index (χ0v) is 14.4. The number of hydrazone groups is 1. The molecule has 1 aliphatic rings. The van der Waals surface area contributed by atoms with Crippen LogP contribution in [0.25, 0.3) is 0 Å². The average Bonchev–Trinajstić information content (AvgIpc) is 3.00. The SMILES string of the molecule is O=C(CCl)N1N=C(c2ccc(Br)cc2)C[C@@H]1c1ccc(F)cc1. The van der Waals surface area contributed by atoms with Crippen molar-refractivity contribution in [3.8, 4) is 0 Å². The Hall–Kier alpha value is -1.72. The van der Waals surface area contributed by atoms with E-state index in [0.29, 0.717) is 6.42 Å². The first kappa shape index (κ1) is 16.1. The maximum absolute atomic E-state index is 13.1. The molecule has 0 saturated carbocycles. The Kier molecular flexibility index (Phi) is 4.78. The molecule has 0 saturated heterocycles. The van der Waals surface area contributed by atoms with Gasteiger partial charge < -0.3 is 0 Å². The van der Waals surface area contributed by atoms with Gasteiger partial charge in [0.15, 0.2) is 0 Å². The van der Waals surface area contributed by atoms with Crippen molar-refractivity contribution in [2.45, 2.75) is 12.5 Å². The number of benzene rings is 2. The highest BCUT2D eigenvalue weighted by atomic mass is 79.9. The molecule has 0 aromatic heterocycles. The van der Waals surface area contributed by atoms with Crippen molar-refractivity contribution < 1.29 is 9.18 Å². The van der Waals surface area contributed by atoms with E-state index in [1.807, 2.05) is 24.3 Å². The van der Waals surface area contributed by atoms with Gasteiger partial charge in [-0.1, -0.05) is 40.2 Å². The minimum Gasteiger partial charge on any atom is -0.272 e. The summed E-state index contributed by atoms with van der Waals surface area (Å²) in [6.07, 6.45) is 0.565. The molecule has 2 aromatic carbocycles. The smallest absolute Gasteiger partial charge is 0.258 e. The Labute approximate surface area is 146 Å². The molecule has 1 amide bonds. The molecule has 0 unspecified atom stereocenters. The van der Waals surface area contributed by atoms with Crippen LogP contribution < -0.4 is 0 Å². The summed E-state index contributed by atoms with van der Waals surface area (Å²) in [6.45, 7) is 0. The van der Waals surface area contributed by atoms with Gasteiger partial charge in [-0.2, -0.15) is 5.10 Å². The topological polar surface area (TPSA) is 32.7 Å². The molecule has 118 valence electrons. The number of nitrogens with zero attached hydrogens (tertiary/aromatic N) is 2. The first-order valence-corrected chi connectivity index (χ1v) is 8.38. The van der Waals surface area contributed by atoms with Crippen molar-refractivity contribution in [3.05, 3.63) is 69.9 Å². The van der Waals surface area contributed by atoms with Gasteiger partial charge in [-0.25, -0.2) is 9.40 Å². The zero-order chi connectivity index (χ0) is 16.4. The third kappa shape index (κ3) is 3.46. The summed E-state index contributed by atoms with van der Waals surface area (Å²) < 4.78 is 14.1. The van der Waals surface area contributed by atoms with Gasteiger partial charge in [0.25, 0.3) is 5.91 Å². The molecule has 23 heavy (non-hydrogen) atoms. The van der Waals surface area contributed by atoms with Gasteiger partial charge >= 0.3 is 0 Å². The van der Waals surface area contributed by atoms with E-state index in [2.05, 4.69) is 21.0 Å². The highest BCUT2D eigenvalue weighted by Crippen LogP contribution is 2.33. The second kappa shape index (κ2) is 6.81. The molecule has 0 N–H and O–H groups in total. The van der Waals surface area contributed by atoms with E-state index in [1.165, 1.54) is 17.1 Å². The van der Waals surface area contributed by atoms with Crippen molar-refractivity contribution in [1.29, 1.82) is 0 Å². The fourth-order valence-electron chi connectivity index (χ4n) is 2.56. The largest absolute Gasteiger partial charge is 0.272 e. The van der Waals surface area contributed by atoms with Crippen molar-refractivity contribution in [3.63, 3.8) is 0 Å². The van der Waals surface area contributed by atoms with Crippen LogP contribution in [0.2, 0.25) is 0 Å². The Morgan fingerprint density at radius 3 is 2.48 bits per heavy atom. The summed E-state index contributed by atoms with van der Waals surface area (Å²) in [5.74, 6) is -0.724. The number of carbonyl (C=O) groups excluding carboxylic acids is 1. The molecule has 0 spiro atoms. The summed E-state index contributed by atoms with van der Waals surface area (Å²) in [5, 5.41) is 5.85. The number of hydrogen-bond donors (Lipinski definition) is 0. The van der Waals surface area contributed by atoms with Crippen LogP contribution in [-0.2, 0) is 4.79 Å². The zero-order valence-electron chi connectivity index (χ0n) is 12.0. The first-order chi connectivity index (χ1) is 11.1. The molecular formula is C17H13BrClFN2O. The van der Waals surface area contributed by atoms with E-state index in [0.717, 1.165) is 21.3 Å². The number of halogens is 3. The van der Waals surface area contributed by atoms with Crippen LogP contribution in [0.15, 0.2) is 58.1 Å². The second-order valence-electron chi connectivity index (χ2n) is 5.20. The van der Waals surface area contributed by atoms with Crippen molar-refractivity contribution in [1.82, 2.24) is 5.01 Å². The minimum atomic E-state index is -0.309. The quantitative estimate of drug-likeness (QED) is 0.704. The Morgan fingerprint density at radius 1 is 1.22 bits per heavy atom. The van der Waals surface area contributed by atoms with Gasteiger partial charge in [-0.15, -0.1) is 11.6 Å². The molecular weight excluding hydrogens is 383 g/mol. The van der Waals surface area contributed by atoms with Crippen LogP contribution >= 0.6 is 27.5 Å². The fourth-order valence-corrected chi connectivity index (χ4v) is 2.95. The monoisotopic (exact) mass is 394 g/mol. The van der Waals surface area contributed by atoms with Crippen LogP contribution in [-0.4, -0.2) is 22.5 Å². The highest BCUT2D eigenvalue weighted by Gasteiger charge is 2.32. The Balaban J connectivity index is 1.93. The molecule has 3 rings (SSSR count). The minimum absolute atomic E-state index is 0.144. The predicted molar refractivity (Wildman–Crippen MR) is 92.0 cm³/mol. The second-order valence-corrected chi connectivity index (χ2v) is 6.38. The lowest BCUT2D eigenvalue weighted by Crippen LogP contribution is -2.27. The van der Waals surface area contributed by atoms with E-state index in [9.17, 15) is 9.18 Å². The molecule has 1 atom stereocenters. The number of amides is 1. The first-order valence-electron chi connectivity index (χ1n) is 7.05. The van der Waals surface area contributed by atoms with Gasteiger partial charge in [0.1, 0.15) is 11.7 Å². The molecule has 0 bridgehead atoms. The fraction of sp³-hybridized carbons (Fsp3) is 0.176. The van der Waals surface area contributed by atoms with E-state index in [1.54, 1.807) is 12.1 Å². The maximum Gasteiger partial charge on any atom is 0.258 e. The summed E-state index contributed by atoms with van der Waals surface area (Å²) in [7, 11) is 0. The molecule has 0 fully saturated rings. The molecule has 1 heterocycles. The molecule has 1 aliphatic heterocycles. The lowest BCUT2D eigenvalue weighted by atomic mass is 9.98. The van der Waals surface area contributed by atoms with E-state index >= 15 is 0 Å². The number of rotatable bonds is 3. The summed E-state index contributed by atoms with van der Waals surface area (Å²) in [6, 6.07) is 13.6. The molecule has 3 nitrogen and oxygen atoms in total. The number of hydrogen-bond acceptors (Lipinski definition) is 2. The van der Waals surface area contributed by atoms with Gasteiger partial charge in [0, 0.05) is 10.9 Å². The van der Waals surface area contributed by atoms with Crippen LogP contribution in [0, 0.1) is 5.82 Å². The normalized spacial score (nSPS) is 17.3. The van der Waals surface area contributed by atoms with Crippen molar-refractivity contribution in [2.24, 2.45) is 5.10 Å².